The van der Waals surface area contributed by atoms with E-state index in [1.807, 2.05) is 0 Å². The molecule has 5 aromatic carbocycles. The average molecular weight is 561 g/mol. The minimum absolute atomic E-state index is 0.383. The van der Waals surface area contributed by atoms with Gasteiger partial charge in [0.15, 0.2) is 0 Å². The molecule has 0 aromatic heterocycles. The first-order chi connectivity index (χ1) is 21.7. The van der Waals surface area contributed by atoms with Gasteiger partial charge in [0.2, 0.25) is 0 Å². The van der Waals surface area contributed by atoms with E-state index in [1.165, 1.54) is 88.4 Å². The van der Waals surface area contributed by atoms with Gasteiger partial charge in [-0.1, -0.05) is 146 Å². The molecule has 0 N–H and O–H groups in total. The maximum absolute atomic E-state index is 2.45. The Morgan fingerprint density at radius 3 is 1.70 bits per heavy atom. The van der Waals surface area contributed by atoms with Crippen molar-refractivity contribution in [1.82, 2.24) is 0 Å². The van der Waals surface area contributed by atoms with Crippen molar-refractivity contribution >= 4 is 27.1 Å². The van der Waals surface area contributed by atoms with Crippen molar-refractivity contribution in [2.45, 2.75) is 13.8 Å². The lowest BCUT2D eigenvalue weighted by Gasteiger charge is -2.40. The second kappa shape index (κ2) is 9.66. The zero-order chi connectivity index (χ0) is 29.4. The molecule has 2 unspecified atom stereocenters. The lowest BCUT2D eigenvalue weighted by Crippen LogP contribution is -2.29. The van der Waals surface area contributed by atoms with Gasteiger partial charge in [0.1, 0.15) is 0 Å². The molecule has 208 valence electrons. The molecule has 0 heteroatoms. The standard InChI is InChI=1S/C44H32/c1-27-26-40(44-36-17-8-6-15-34(36)42(29-11-4-3-5-12-29)35-16-7-9-18-37(35)44)28(2)25-39(27)33-23-21-32-20-19-30-13-10-14-31-22-24-38(33)43(32)41(30)31/h3-26,41,43H,1-2H3. The van der Waals surface area contributed by atoms with Gasteiger partial charge in [-0.05, 0) is 102 Å². The van der Waals surface area contributed by atoms with E-state index in [4.69, 9.17) is 0 Å². The van der Waals surface area contributed by atoms with E-state index in [0.29, 0.717) is 11.8 Å². The molecule has 0 saturated heterocycles. The van der Waals surface area contributed by atoms with Crippen LogP contribution >= 0.6 is 0 Å². The van der Waals surface area contributed by atoms with Crippen molar-refractivity contribution in [2.24, 2.45) is 11.8 Å². The molecule has 0 nitrogen and oxygen atoms in total. The number of allylic oxidation sites excluding steroid dienone is 14. The van der Waals surface area contributed by atoms with Crippen molar-refractivity contribution < 1.29 is 0 Å². The second-order valence-corrected chi connectivity index (χ2v) is 12.5. The Balaban J connectivity index is 1.26. The van der Waals surface area contributed by atoms with Gasteiger partial charge in [-0.2, -0.15) is 0 Å². The van der Waals surface area contributed by atoms with Crippen LogP contribution in [-0.4, -0.2) is 0 Å². The van der Waals surface area contributed by atoms with Crippen LogP contribution in [0, 0.1) is 25.7 Å². The van der Waals surface area contributed by atoms with Crippen LogP contribution in [0.3, 0.4) is 0 Å². The number of fused-ring (bicyclic) bond motifs is 2. The zero-order valence-corrected chi connectivity index (χ0v) is 25.0. The lowest BCUT2D eigenvalue weighted by atomic mass is 9.63. The molecular weight excluding hydrogens is 528 g/mol. The number of aryl methyl sites for hydroxylation is 2. The Hall–Kier alpha value is -5.20. The van der Waals surface area contributed by atoms with Gasteiger partial charge in [-0.15, -0.1) is 0 Å². The van der Waals surface area contributed by atoms with E-state index in [0.717, 1.165) is 0 Å². The largest absolute Gasteiger partial charge is 0.0622 e. The number of benzene rings is 5. The second-order valence-electron chi connectivity index (χ2n) is 12.5. The molecule has 2 atom stereocenters. The van der Waals surface area contributed by atoms with Gasteiger partial charge in [0.05, 0.1) is 0 Å². The molecule has 44 heavy (non-hydrogen) atoms. The summed E-state index contributed by atoms with van der Waals surface area (Å²) in [7, 11) is 0. The molecule has 4 aliphatic carbocycles. The van der Waals surface area contributed by atoms with Gasteiger partial charge < -0.3 is 0 Å². The summed E-state index contributed by atoms with van der Waals surface area (Å²) in [6.45, 7) is 4.59. The Morgan fingerprint density at radius 1 is 0.455 bits per heavy atom. The van der Waals surface area contributed by atoms with Crippen LogP contribution in [0.25, 0.3) is 49.4 Å². The lowest BCUT2D eigenvalue weighted by molar-refractivity contribution is 0.566. The molecule has 0 amide bonds. The third-order valence-electron chi connectivity index (χ3n) is 10.1. The molecule has 0 bridgehead atoms. The molecule has 5 aromatic rings. The summed E-state index contributed by atoms with van der Waals surface area (Å²) in [5, 5.41) is 5.20. The quantitative estimate of drug-likeness (QED) is 0.193. The van der Waals surface area contributed by atoms with Crippen LogP contribution in [-0.2, 0) is 0 Å². The van der Waals surface area contributed by atoms with E-state index in [1.54, 1.807) is 0 Å². The highest BCUT2D eigenvalue weighted by Crippen LogP contribution is 2.52. The van der Waals surface area contributed by atoms with Crippen LogP contribution in [0.1, 0.15) is 16.7 Å². The Morgan fingerprint density at radius 2 is 1.00 bits per heavy atom. The molecule has 0 fully saturated rings. The van der Waals surface area contributed by atoms with Crippen LogP contribution in [0.4, 0.5) is 0 Å². The van der Waals surface area contributed by atoms with Gasteiger partial charge in [-0.3, -0.25) is 0 Å². The first-order valence-corrected chi connectivity index (χ1v) is 15.7. The smallest absolute Gasteiger partial charge is 0.0205 e. The molecule has 9 rings (SSSR count). The molecule has 0 aliphatic heterocycles. The van der Waals surface area contributed by atoms with Crippen molar-refractivity contribution in [3.05, 3.63) is 185 Å². The first-order valence-electron chi connectivity index (χ1n) is 15.7. The number of rotatable bonds is 3. The predicted octanol–water partition coefficient (Wildman–Crippen LogP) is 11.4. The maximum Gasteiger partial charge on any atom is 0.0205 e. The molecule has 4 aliphatic rings. The van der Waals surface area contributed by atoms with Crippen molar-refractivity contribution in [3.8, 4) is 22.3 Å². The molecular formula is C44H32. The third kappa shape index (κ3) is 3.64. The summed E-state index contributed by atoms with van der Waals surface area (Å²) < 4.78 is 0. The average Bonchev–Trinajstić information content (AvgIpc) is 3.07. The minimum atomic E-state index is 0.383. The van der Waals surface area contributed by atoms with Crippen molar-refractivity contribution in [2.75, 3.05) is 0 Å². The zero-order valence-electron chi connectivity index (χ0n) is 25.0. The summed E-state index contributed by atoms with van der Waals surface area (Å²) in [4.78, 5) is 0. The highest BCUT2D eigenvalue weighted by molar-refractivity contribution is 6.21. The van der Waals surface area contributed by atoms with Crippen LogP contribution in [0.2, 0.25) is 0 Å². The predicted molar refractivity (Wildman–Crippen MR) is 187 cm³/mol. The van der Waals surface area contributed by atoms with E-state index >= 15 is 0 Å². The molecule has 0 spiro atoms. The SMILES string of the molecule is Cc1cc(-c2c3ccccc3c(-c3ccccc3)c3ccccc23)c(C)cc1C1=C2C=CC3=CC=CC4=CC=C(C=C1)C2C34. The van der Waals surface area contributed by atoms with E-state index in [2.05, 4.69) is 160 Å². The molecule has 0 heterocycles. The van der Waals surface area contributed by atoms with Crippen molar-refractivity contribution in [1.29, 1.82) is 0 Å². The monoisotopic (exact) mass is 560 g/mol. The van der Waals surface area contributed by atoms with Crippen LogP contribution < -0.4 is 0 Å². The molecule has 0 radical (unpaired) electrons. The summed E-state index contributed by atoms with van der Waals surface area (Å²) in [5.41, 5.74) is 16.2. The van der Waals surface area contributed by atoms with Gasteiger partial charge in [0.25, 0.3) is 0 Å². The first kappa shape index (κ1) is 25.3. The highest BCUT2D eigenvalue weighted by atomic mass is 14.4. The topological polar surface area (TPSA) is 0 Å². The van der Waals surface area contributed by atoms with Gasteiger partial charge in [-0.25, -0.2) is 0 Å². The fourth-order valence-corrected chi connectivity index (χ4v) is 8.16. The summed E-state index contributed by atoms with van der Waals surface area (Å²) in [6, 6.07) is 33.6. The summed E-state index contributed by atoms with van der Waals surface area (Å²) in [5.74, 6) is 0.801. The van der Waals surface area contributed by atoms with Crippen LogP contribution in [0.5, 0.6) is 0 Å². The fourth-order valence-electron chi connectivity index (χ4n) is 8.16. The number of hydrogen-bond acceptors (Lipinski definition) is 0. The summed E-state index contributed by atoms with van der Waals surface area (Å²) in [6.07, 6.45) is 20.9. The summed E-state index contributed by atoms with van der Waals surface area (Å²) >= 11 is 0. The minimum Gasteiger partial charge on any atom is -0.0622 e. The van der Waals surface area contributed by atoms with Gasteiger partial charge >= 0.3 is 0 Å². The third-order valence-corrected chi connectivity index (χ3v) is 10.1. The van der Waals surface area contributed by atoms with Crippen molar-refractivity contribution in [3.63, 3.8) is 0 Å². The number of hydrogen-bond donors (Lipinski definition) is 0. The molecule has 0 saturated carbocycles. The normalized spacial score (nSPS) is 19.6. The fraction of sp³-hybridized carbons (Fsp3) is 0.0909. The van der Waals surface area contributed by atoms with Gasteiger partial charge in [0, 0.05) is 11.8 Å². The van der Waals surface area contributed by atoms with E-state index in [9.17, 15) is 0 Å². The Bertz CT molecular complexity index is 2220. The van der Waals surface area contributed by atoms with Crippen LogP contribution in [0.15, 0.2) is 168 Å². The Kier molecular flexibility index (Phi) is 5.56. The Labute approximate surface area is 259 Å². The highest BCUT2D eigenvalue weighted by Gasteiger charge is 2.38. The van der Waals surface area contributed by atoms with E-state index in [-0.39, 0.29) is 0 Å². The maximum atomic E-state index is 2.45. The van der Waals surface area contributed by atoms with E-state index < -0.39 is 0 Å².